The van der Waals surface area contributed by atoms with Crippen LogP contribution in [-0.2, 0) is 0 Å². The highest BCUT2D eigenvalue weighted by Crippen LogP contribution is 2.32. The molecule has 90 valence electrons. The minimum atomic E-state index is 0.623. The molecule has 1 saturated heterocycles. The summed E-state index contributed by atoms with van der Waals surface area (Å²) in [4.78, 5) is 3.40. The number of hydrogen-bond donors (Lipinski definition) is 2. The van der Waals surface area contributed by atoms with Crippen LogP contribution < -0.4 is 15.5 Å². The topological polar surface area (TPSA) is 27.3 Å². The molecule has 3 rings (SSSR count). The van der Waals surface area contributed by atoms with E-state index in [9.17, 15) is 0 Å². The quantitative estimate of drug-likeness (QED) is 0.742. The first-order valence-electron chi connectivity index (χ1n) is 6.21. The van der Waals surface area contributed by atoms with Crippen LogP contribution in [0.5, 0.6) is 0 Å². The van der Waals surface area contributed by atoms with Gasteiger partial charge in [0.2, 0.25) is 0 Å². The van der Waals surface area contributed by atoms with Gasteiger partial charge in [-0.3, -0.25) is 0 Å². The zero-order valence-corrected chi connectivity index (χ0v) is 10.6. The fourth-order valence-electron chi connectivity index (χ4n) is 2.70. The number of benzene rings is 1. The van der Waals surface area contributed by atoms with E-state index in [1.54, 1.807) is 0 Å². The summed E-state index contributed by atoms with van der Waals surface area (Å²) in [6, 6.07) is 9.07. The highest BCUT2D eigenvalue weighted by atomic mass is 32.1. The Balaban J connectivity index is 1.91. The van der Waals surface area contributed by atoms with Crippen LogP contribution >= 0.6 is 12.2 Å². The number of piperidine rings is 1. The molecule has 0 unspecified atom stereocenters. The Kier molecular flexibility index (Phi) is 2.99. The third-order valence-electron chi connectivity index (χ3n) is 3.55. The van der Waals surface area contributed by atoms with Crippen molar-refractivity contribution in [2.45, 2.75) is 18.9 Å². The molecule has 2 aliphatic heterocycles. The first kappa shape index (κ1) is 11.0. The highest BCUT2D eigenvalue weighted by molar-refractivity contribution is 7.80. The van der Waals surface area contributed by atoms with E-state index >= 15 is 0 Å². The molecule has 0 spiro atoms. The fraction of sp³-hybridized carbons (Fsp3) is 0.462. The molecule has 1 fully saturated rings. The highest BCUT2D eigenvalue weighted by Gasteiger charge is 2.26. The summed E-state index contributed by atoms with van der Waals surface area (Å²) in [7, 11) is 0. The molecular formula is C13H17N3S. The molecule has 17 heavy (non-hydrogen) atoms. The Hall–Kier alpha value is -1.13. The lowest BCUT2D eigenvalue weighted by Gasteiger charge is -2.40. The summed E-state index contributed by atoms with van der Waals surface area (Å²) in [6.07, 6.45) is 2.41. The monoisotopic (exact) mass is 247 g/mol. The third-order valence-corrected chi connectivity index (χ3v) is 3.78. The van der Waals surface area contributed by atoms with Crippen LogP contribution in [0.15, 0.2) is 24.3 Å². The van der Waals surface area contributed by atoms with Crippen LogP contribution in [0.2, 0.25) is 0 Å². The average Bonchev–Trinajstić information content (AvgIpc) is 2.39. The van der Waals surface area contributed by atoms with Gasteiger partial charge in [-0.1, -0.05) is 24.4 Å². The molecule has 1 aromatic carbocycles. The van der Waals surface area contributed by atoms with E-state index in [2.05, 4.69) is 39.8 Å². The summed E-state index contributed by atoms with van der Waals surface area (Å²) in [5.41, 5.74) is 2.45. The van der Waals surface area contributed by atoms with Crippen LogP contribution in [0.25, 0.3) is 0 Å². The molecule has 1 aromatic rings. The molecule has 0 bridgehead atoms. The smallest absolute Gasteiger partial charge is 0.0994 e. The molecule has 4 heteroatoms. The molecule has 0 atom stereocenters. The number of nitrogens with one attached hydrogen (secondary N) is 2. The van der Waals surface area contributed by atoms with E-state index in [0.29, 0.717) is 6.04 Å². The van der Waals surface area contributed by atoms with E-state index in [-0.39, 0.29) is 0 Å². The average molecular weight is 247 g/mol. The van der Waals surface area contributed by atoms with E-state index in [1.807, 2.05) is 0 Å². The number of fused-ring (bicyclic) bond motifs is 1. The summed E-state index contributed by atoms with van der Waals surface area (Å²) in [6.45, 7) is 3.09. The number of thiocarbonyl (C=S) groups is 1. The molecule has 2 N–H and O–H groups in total. The van der Waals surface area contributed by atoms with E-state index in [0.717, 1.165) is 30.3 Å². The molecule has 3 nitrogen and oxygen atoms in total. The van der Waals surface area contributed by atoms with Gasteiger partial charge in [-0.05, 0) is 38.1 Å². The lowest BCUT2D eigenvalue weighted by molar-refractivity contribution is 0.438. The Bertz CT molecular complexity index is 426. The standard InChI is InChI=1S/C13H17N3S/c17-13-9-16(10-5-7-14-8-6-10)12-4-2-1-3-11(12)15-13/h1-4,10,14H,5-9H2,(H,15,17). The van der Waals surface area contributed by atoms with E-state index < -0.39 is 0 Å². The van der Waals surface area contributed by atoms with Gasteiger partial charge in [-0.15, -0.1) is 0 Å². The lowest BCUT2D eigenvalue weighted by atomic mass is 10.0. The van der Waals surface area contributed by atoms with Crippen molar-refractivity contribution in [2.24, 2.45) is 0 Å². The van der Waals surface area contributed by atoms with Crippen molar-refractivity contribution in [1.82, 2.24) is 5.32 Å². The van der Waals surface area contributed by atoms with Gasteiger partial charge in [0.05, 0.1) is 22.9 Å². The Morgan fingerprint density at radius 1 is 1.18 bits per heavy atom. The zero-order chi connectivity index (χ0) is 11.7. The van der Waals surface area contributed by atoms with Crippen molar-refractivity contribution in [3.05, 3.63) is 24.3 Å². The summed E-state index contributed by atoms with van der Waals surface area (Å²) in [5, 5.41) is 6.72. The maximum atomic E-state index is 5.36. The number of nitrogens with zero attached hydrogens (tertiary/aromatic N) is 1. The van der Waals surface area contributed by atoms with E-state index in [4.69, 9.17) is 12.2 Å². The molecule has 2 aliphatic rings. The van der Waals surface area contributed by atoms with E-state index in [1.165, 1.54) is 18.5 Å². The predicted octanol–water partition coefficient (Wildman–Crippen LogP) is 2.00. The lowest BCUT2D eigenvalue weighted by Crippen LogP contribution is -2.48. The Morgan fingerprint density at radius 3 is 2.76 bits per heavy atom. The molecule has 0 amide bonds. The minimum Gasteiger partial charge on any atom is -0.360 e. The maximum absolute atomic E-state index is 5.36. The Morgan fingerprint density at radius 2 is 1.94 bits per heavy atom. The minimum absolute atomic E-state index is 0.623. The van der Waals surface area contributed by atoms with Crippen molar-refractivity contribution in [3.63, 3.8) is 0 Å². The second-order valence-electron chi connectivity index (χ2n) is 4.67. The predicted molar refractivity (Wildman–Crippen MR) is 75.9 cm³/mol. The number of rotatable bonds is 1. The van der Waals surface area contributed by atoms with Gasteiger partial charge < -0.3 is 15.5 Å². The van der Waals surface area contributed by atoms with Gasteiger partial charge in [-0.2, -0.15) is 0 Å². The van der Waals surface area contributed by atoms with Crippen LogP contribution in [0.4, 0.5) is 11.4 Å². The van der Waals surface area contributed by atoms with Crippen molar-refractivity contribution in [3.8, 4) is 0 Å². The zero-order valence-electron chi connectivity index (χ0n) is 9.78. The number of para-hydroxylation sites is 2. The van der Waals surface area contributed by atoms with Gasteiger partial charge in [-0.25, -0.2) is 0 Å². The van der Waals surface area contributed by atoms with Gasteiger partial charge in [0, 0.05) is 6.04 Å². The van der Waals surface area contributed by atoms with Gasteiger partial charge in [0.15, 0.2) is 0 Å². The first-order valence-corrected chi connectivity index (χ1v) is 6.61. The van der Waals surface area contributed by atoms with Gasteiger partial charge in [0.1, 0.15) is 0 Å². The van der Waals surface area contributed by atoms with Crippen LogP contribution in [0.1, 0.15) is 12.8 Å². The van der Waals surface area contributed by atoms with Crippen molar-refractivity contribution in [2.75, 3.05) is 29.9 Å². The van der Waals surface area contributed by atoms with Gasteiger partial charge >= 0.3 is 0 Å². The normalized spacial score (nSPS) is 20.9. The van der Waals surface area contributed by atoms with Gasteiger partial charge in [0.25, 0.3) is 0 Å². The van der Waals surface area contributed by atoms with Crippen LogP contribution in [0.3, 0.4) is 0 Å². The summed E-state index contributed by atoms with van der Waals surface area (Å²) < 4.78 is 0. The summed E-state index contributed by atoms with van der Waals surface area (Å²) >= 11 is 5.36. The fourth-order valence-corrected chi connectivity index (χ4v) is 2.95. The molecule has 0 radical (unpaired) electrons. The first-order chi connectivity index (χ1) is 8.34. The van der Waals surface area contributed by atoms with Crippen LogP contribution in [-0.4, -0.2) is 30.7 Å². The van der Waals surface area contributed by atoms with Crippen molar-refractivity contribution >= 4 is 28.6 Å². The number of hydrogen-bond acceptors (Lipinski definition) is 3. The molecule has 0 saturated carbocycles. The van der Waals surface area contributed by atoms with Crippen molar-refractivity contribution in [1.29, 1.82) is 0 Å². The molecule has 0 aromatic heterocycles. The third kappa shape index (κ3) is 2.15. The SMILES string of the molecule is S=C1CN(C2CCNCC2)c2ccccc2N1. The summed E-state index contributed by atoms with van der Waals surface area (Å²) in [5.74, 6) is 0. The largest absolute Gasteiger partial charge is 0.360 e. The molecule has 2 heterocycles. The Labute approximate surface area is 107 Å². The van der Waals surface area contributed by atoms with Crippen molar-refractivity contribution < 1.29 is 0 Å². The molecule has 0 aliphatic carbocycles. The second kappa shape index (κ2) is 4.63. The van der Waals surface area contributed by atoms with Crippen LogP contribution in [0, 0.1) is 0 Å². The second-order valence-corrected chi connectivity index (χ2v) is 5.17. The molecular weight excluding hydrogens is 230 g/mol. The maximum Gasteiger partial charge on any atom is 0.0994 e. The number of anilines is 2.